The van der Waals surface area contributed by atoms with Crippen molar-refractivity contribution < 1.29 is 5.11 Å². The van der Waals surface area contributed by atoms with Crippen LogP contribution in [0.5, 0.6) is 0 Å². The zero-order valence-electron chi connectivity index (χ0n) is 12.6. The molecule has 0 spiro atoms. The molecule has 0 saturated heterocycles. The largest absolute Gasteiger partial charge is 0.395 e. The van der Waals surface area contributed by atoms with Crippen LogP contribution in [0.15, 0.2) is 4.47 Å². The highest BCUT2D eigenvalue weighted by Crippen LogP contribution is 2.28. The van der Waals surface area contributed by atoms with Gasteiger partial charge in [-0.2, -0.15) is 5.10 Å². The molecule has 1 aliphatic rings. The predicted molar refractivity (Wildman–Crippen MR) is 84.7 cm³/mol. The van der Waals surface area contributed by atoms with Gasteiger partial charge in [0.2, 0.25) is 0 Å². The van der Waals surface area contributed by atoms with Gasteiger partial charge >= 0.3 is 0 Å². The Labute approximate surface area is 130 Å². The standard InChI is InChI=1S/C15H26BrN3O/c1-3-13-15(16)14(19(4-2)17-13)11-18(9-10-20)12-7-5-6-8-12/h12,20H,3-11H2,1-2H3. The molecule has 1 aliphatic carbocycles. The molecule has 1 aromatic heterocycles. The van der Waals surface area contributed by atoms with E-state index in [1.807, 2.05) is 0 Å². The Kier molecular flexibility index (Phi) is 6.05. The van der Waals surface area contributed by atoms with E-state index < -0.39 is 0 Å². The lowest BCUT2D eigenvalue weighted by atomic mass is 10.2. The van der Waals surface area contributed by atoms with Crippen molar-refractivity contribution in [1.82, 2.24) is 14.7 Å². The molecule has 0 atom stereocenters. The lowest BCUT2D eigenvalue weighted by Crippen LogP contribution is -2.35. The maximum atomic E-state index is 9.35. The summed E-state index contributed by atoms with van der Waals surface area (Å²) in [6, 6.07) is 0.624. The number of halogens is 1. The molecule has 4 nitrogen and oxygen atoms in total. The summed E-state index contributed by atoms with van der Waals surface area (Å²) in [7, 11) is 0. The van der Waals surface area contributed by atoms with Crippen LogP contribution in [-0.2, 0) is 19.5 Å². The summed E-state index contributed by atoms with van der Waals surface area (Å²) in [5.41, 5.74) is 2.39. The number of hydrogen-bond acceptors (Lipinski definition) is 3. The van der Waals surface area contributed by atoms with Crippen molar-refractivity contribution in [2.45, 2.75) is 65.1 Å². The summed E-state index contributed by atoms with van der Waals surface area (Å²) in [6.07, 6.45) is 6.11. The minimum Gasteiger partial charge on any atom is -0.395 e. The smallest absolute Gasteiger partial charge is 0.0767 e. The van der Waals surface area contributed by atoms with Gasteiger partial charge in [-0.05, 0) is 42.1 Å². The van der Waals surface area contributed by atoms with Crippen LogP contribution in [0.2, 0.25) is 0 Å². The van der Waals surface area contributed by atoms with Crippen molar-refractivity contribution in [3.05, 3.63) is 15.9 Å². The van der Waals surface area contributed by atoms with E-state index in [4.69, 9.17) is 0 Å². The van der Waals surface area contributed by atoms with Crippen molar-refractivity contribution in [1.29, 1.82) is 0 Å². The summed E-state index contributed by atoms with van der Waals surface area (Å²) >= 11 is 3.72. The van der Waals surface area contributed by atoms with Crippen molar-refractivity contribution in [3.8, 4) is 0 Å². The fourth-order valence-electron chi connectivity index (χ4n) is 3.15. The number of aromatic nitrogens is 2. The van der Waals surface area contributed by atoms with E-state index in [0.29, 0.717) is 6.04 Å². The molecule has 0 aliphatic heterocycles. The van der Waals surface area contributed by atoms with E-state index in [0.717, 1.165) is 36.2 Å². The van der Waals surface area contributed by atoms with Gasteiger partial charge in [0, 0.05) is 25.7 Å². The molecule has 1 fully saturated rings. The summed E-state index contributed by atoms with van der Waals surface area (Å²) < 4.78 is 3.25. The third kappa shape index (κ3) is 3.43. The molecule has 20 heavy (non-hydrogen) atoms. The van der Waals surface area contributed by atoms with E-state index in [1.165, 1.54) is 31.4 Å². The zero-order valence-corrected chi connectivity index (χ0v) is 14.2. The second-order valence-corrected chi connectivity index (χ2v) is 6.30. The summed E-state index contributed by atoms with van der Waals surface area (Å²) in [6.45, 7) is 7.04. The molecule has 2 rings (SSSR count). The molecule has 1 aromatic rings. The number of rotatable bonds is 7. The van der Waals surface area contributed by atoms with Crippen LogP contribution in [0.4, 0.5) is 0 Å². The zero-order chi connectivity index (χ0) is 14.5. The quantitative estimate of drug-likeness (QED) is 0.827. The number of hydrogen-bond donors (Lipinski definition) is 1. The van der Waals surface area contributed by atoms with E-state index in [2.05, 4.69) is 44.5 Å². The predicted octanol–water partition coefficient (Wildman–Crippen LogP) is 2.96. The van der Waals surface area contributed by atoms with Crippen LogP contribution in [-0.4, -0.2) is 39.0 Å². The highest BCUT2D eigenvalue weighted by molar-refractivity contribution is 9.10. The maximum absolute atomic E-state index is 9.35. The van der Waals surface area contributed by atoms with Crippen LogP contribution in [0, 0.1) is 0 Å². The first-order valence-corrected chi connectivity index (χ1v) is 8.59. The highest BCUT2D eigenvalue weighted by Gasteiger charge is 2.25. The fraction of sp³-hybridized carbons (Fsp3) is 0.800. The lowest BCUT2D eigenvalue weighted by molar-refractivity contribution is 0.141. The SMILES string of the molecule is CCc1nn(CC)c(CN(CCO)C2CCCC2)c1Br. The van der Waals surface area contributed by atoms with Crippen LogP contribution >= 0.6 is 15.9 Å². The average Bonchev–Trinajstić information content (AvgIpc) is 3.07. The molecule has 1 N–H and O–H groups in total. The van der Waals surface area contributed by atoms with Crippen molar-refractivity contribution >= 4 is 15.9 Å². The molecular weight excluding hydrogens is 318 g/mol. The van der Waals surface area contributed by atoms with Crippen LogP contribution in [0.3, 0.4) is 0 Å². The van der Waals surface area contributed by atoms with Gasteiger partial charge in [0.25, 0.3) is 0 Å². The Balaban J connectivity index is 2.18. The first kappa shape index (κ1) is 16.0. The summed E-state index contributed by atoms with van der Waals surface area (Å²) in [5.74, 6) is 0. The second kappa shape index (κ2) is 7.57. The number of aliphatic hydroxyl groups is 1. The van der Waals surface area contributed by atoms with Gasteiger partial charge in [-0.1, -0.05) is 19.8 Å². The number of aryl methyl sites for hydroxylation is 2. The minimum atomic E-state index is 0.231. The topological polar surface area (TPSA) is 41.3 Å². The van der Waals surface area contributed by atoms with Crippen molar-refractivity contribution in [2.75, 3.05) is 13.2 Å². The number of aliphatic hydroxyl groups excluding tert-OH is 1. The van der Waals surface area contributed by atoms with Crippen LogP contribution in [0.1, 0.15) is 50.9 Å². The van der Waals surface area contributed by atoms with Gasteiger partial charge in [0.1, 0.15) is 0 Å². The molecule has 114 valence electrons. The maximum Gasteiger partial charge on any atom is 0.0767 e. The van der Waals surface area contributed by atoms with E-state index in [-0.39, 0.29) is 6.61 Å². The van der Waals surface area contributed by atoms with E-state index in [9.17, 15) is 5.11 Å². The van der Waals surface area contributed by atoms with Gasteiger partial charge in [-0.3, -0.25) is 9.58 Å². The van der Waals surface area contributed by atoms with Crippen molar-refractivity contribution in [3.63, 3.8) is 0 Å². The van der Waals surface area contributed by atoms with E-state index >= 15 is 0 Å². The molecule has 0 bridgehead atoms. The van der Waals surface area contributed by atoms with Gasteiger partial charge in [0.05, 0.1) is 22.5 Å². The lowest BCUT2D eigenvalue weighted by Gasteiger charge is -2.28. The molecule has 5 heteroatoms. The second-order valence-electron chi connectivity index (χ2n) is 5.51. The highest BCUT2D eigenvalue weighted by atomic mass is 79.9. The van der Waals surface area contributed by atoms with Crippen LogP contribution < -0.4 is 0 Å². The molecule has 1 heterocycles. The first-order chi connectivity index (χ1) is 9.71. The molecule has 0 unspecified atom stereocenters. The molecule has 1 saturated carbocycles. The van der Waals surface area contributed by atoms with Crippen LogP contribution in [0.25, 0.3) is 0 Å². The molecule has 0 radical (unpaired) electrons. The normalized spacial score (nSPS) is 16.4. The monoisotopic (exact) mass is 343 g/mol. The fourth-order valence-corrected chi connectivity index (χ4v) is 3.84. The van der Waals surface area contributed by atoms with Gasteiger partial charge in [-0.25, -0.2) is 0 Å². The van der Waals surface area contributed by atoms with Crippen molar-refractivity contribution in [2.24, 2.45) is 0 Å². The first-order valence-electron chi connectivity index (χ1n) is 7.80. The Morgan fingerprint density at radius 1 is 1.35 bits per heavy atom. The van der Waals surface area contributed by atoms with E-state index in [1.54, 1.807) is 0 Å². The number of nitrogens with zero attached hydrogens (tertiary/aromatic N) is 3. The van der Waals surface area contributed by atoms with Gasteiger partial charge in [-0.15, -0.1) is 0 Å². The summed E-state index contributed by atoms with van der Waals surface area (Å²) in [4.78, 5) is 2.43. The molecule has 0 aromatic carbocycles. The summed E-state index contributed by atoms with van der Waals surface area (Å²) in [5, 5.41) is 14.0. The Hall–Kier alpha value is -0.390. The third-order valence-corrected chi connectivity index (χ3v) is 5.19. The van der Waals surface area contributed by atoms with Gasteiger partial charge in [0.15, 0.2) is 0 Å². The third-order valence-electron chi connectivity index (χ3n) is 4.28. The minimum absolute atomic E-state index is 0.231. The average molecular weight is 344 g/mol. The Bertz CT molecular complexity index is 427. The Morgan fingerprint density at radius 3 is 2.60 bits per heavy atom. The Morgan fingerprint density at radius 2 is 2.05 bits per heavy atom. The molecule has 0 amide bonds. The molecular formula is C15H26BrN3O. The van der Waals surface area contributed by atoms with Gasteiger partial charge < -0.3 is 5.11 Å².